The predicted molar refractivity (Wildman–Crippen MR) is 114 cm³/mol. The van der Waals surface area contributed by atoms with Crippen molar-refractivity contribution in [2.75, 3.05) is 38.2 Å². The summed E-state index contributed by atoms with van der Waals surface area (Å²) in [6.07, 6.45) is 2.96. The van der Waals surface area contributed by atoms with E-state index in [9.17, 15) is 13.6 Å². The van der Waals surface area contributed by atoms with Gasteiger partial charge < -0.3 is 19.5 Å². The van der Waals surface area contributed by atoms with E-state index in [-0.39, 0.29) is 17.4 Å². The quantitative estimate of drug-likeness (QED) is 0.603. The number of anilines is 1. The zero-order valence-electron chi connectivity index (χ0n) is 17.4. The molecule has 2 aromatic rings. The number of nitrogens with one attached hydrogen (secondary N) is 1. The number of nitrogens with zero attached hydrogens (tertiary/aromatic N) is 1. The van der Waals surface area contributed by atoms with Crippen LogP contribution in [0, 0.1) is 0 Å². The van der Waals surface area contributed by atoms with E-state index in [1.807, 2.05) is 24.3 Å². The molecular weight excluding hydrogens is 406 g/mol. The molecule has 1 aliphatic heterocycles. The maximum absolute atomic E-state index is 12.5. The zero-order valence-corrected chi connectivity index (χ0v) is 17.4. The van der Waals surface area contributed by atoms with E-state index in [0.29, 0.717) is 17.9 Å². The summed E-state index contributed by atoms with van der Waals surface area (Å²) in [5.74, 6) is -0.149. The van der Waals surface area contributed by atoms with Gasteiger partial charge in [0.2, 0.25) is 5.91 Å². The van der Waals surface area contributed by atoms with Crippen molar-refractivity contribution >= 4 is 17.7 Å². The average molecular weight is 432 g/mol. The first-order valence-corrected chi connectivity index (χ1v) is 10.1. The van der Waals surface area contributed by atoms with Crippen LogP contribution in [0.5, 0.6) is 11.5 Å². The first-order valence-electron chi connectivity index (χ1n) is 10.1. The molecule has 0 aromatic heterocycles. The van der Waals surface area contributed by atoms with Gasteiger partial charge in [-0.2, -0.15) is 8.78 Å². The molecule has 1 N–H and O–H groups in total. The highest BCUT2D eigenvalue weighted by Crippen LogP contribution is 2.30. The molecule has 6 nitrogen and oxygen atoms in total. The Bertz CT molecular complexity index is 882. The second-order valence-corrected chi connectivity index (χ2v) is 6.93. The summed E-state index contributed by atoms with van der Waals surface area (Å²) in [5, 5.41) is 2.81. The van der Waals surface area contributed by atoms with E-state index >= 15 is 0 Å². The maximum Gasteiger partial charge on any atom is 0.387 e. The third-order valence-electron chi connectivity index (χ3n) is 4.64. The second kappa shape index (κ2) is 11.4. The van der Waals surface area contributed by atoms with Crippen molar-refractivity contribution in [1.82, 2.24) is 4.90 Å². The van der Waals surface area contributed by atoms with Gasteiger partial charge in [-0.15, -0.1) is 0 Å². The summed E-state index contributed by atoms with van der Waals surface area (Å²) in [4.78, 5) is 14.6. The fourth-order valence-electron chi connectivity index (χ4n) is 3.16. The third kappa shape index (κ3) is 7.34. The highest BCUT2D eigenvalue weighted by atomic mass is 19.3. The van der Waals surface area contributed by atoms with Gasteiger partial charge in [-0.1, -0.05) is 18.2 Å². The normalized spacial score (nSPS) is 14.7. The van der Waals surface area contributed by atoms with Crippen LogP contribution in [0.15, 0.2) is 48.5 Å². The van der Waals surface area contributed by atoms with Crippen LogP contribution in [-0.2, 0) is 16.1 Å². The van der Waals surface area contributed by atoms with Crippen molar-refractivity contribution in [3.63, 3.8) is 0 Å². The molecule has 2 aromatic carbocycles. The Hall–Kier alpha value is -2.97. The van der Waals surface area contributed by atoms with Crippen LogP contribution in [0.2, 0.25) is 0 Å². The lowest BCUT2D eigenvalue weighted by Gasteiger charge is -2.26. The minimum absolute atomic E-state index is 0.0457. The van der Waals surface area contributed by atoms with Gasteiger partial charge in [-0.3, -0.25) is 9.69 Å². The number of amides is 1. The van der Waals surface area contributed by atoms with Gasteiger partial charge in [0.15, 0.2) is 11.5 Å². The lowest BCUT2D eigenvalue weighted by atomic mass is 10.1. The number of morpholine rings is 1. The molecule has 0 aliphatic carbocycles. The Labute approximate surface area is 180 Å². The molecular formula is C23H26F2N2O4. The fourth-order valence-corrected chi connectivity index (χ4v) is 3.16. The van der Waals surface area contributed by atoms with E-state index < -0.39 is 6.61 Å². The minimum Gasteiger partial charge on any atom is -0.490 e. The summed E-state index contributed by atoms with van der Waals surface area (Å²) >= 11 is 0. The minimum atomic E-state index is -2.94. The molecule has 166 valence electrons. The Balaban J connectivity index is 1.56. The van der Waals surface area contributed by atoms with Crippen molar-refractivity contribution in [3.8, 4) is 11.5 Å². The van der Waals surface area contributed by atoms with Crippen molar-refractivity contribution in [2.45, 2.75) is 20.1 Å². The molecule has 0 spiro atoms. The molecule has 3 rings (SSSR count). The zero-order chi connectivity index (χ0) is 22.1. The van der Waals surface area contributed by atoms with Crippen molar-refractivity contribution in [1.29, 1.82) is 0 Å². The largest absolute Gasteiger partial charge is 0.490 e. The van der Waals surface area contributed by atoms with Crippen molar-refractivity contribution < 1.29 is 27.8 Å². The molecule has 0 unspecified atom stereocenters. The van der Waals surface area contributed by atoms with Crippen molar-refractivity contribution in [2.24, 2.45) is 0 Å². The topological polar surface area (TPSA) is 60.0 Å². The molecule has 0 bridgehead atoms. The number of hydrogen-bond donors (Lipinski definition) is 1. The maximum atomic E-state index is 12.5. The third-order valence-corrected chi connectivity index (χ3v) is 4.64. The standard InChI is InChI=1S/C23H26F2N2O4/c1-2-30-21-15-17(5-9-20(21)31-23(24)25)6-10-22(28)26-19-7-3-18(4-8-19)16-27-11-13-29-14-12-27/h3-10,15,23H,2,11-14,16H2,1H3,(H,26,28)/b10-6+. The van der Waals surface area contributed by atoms with Crippen LogP contribution < -0.4 is 14.8 Å². The summed E-state index contributed by atoms with van der Waals surface area (Å²) in [7, 11) is 0. The lowest BCUT2D eigenvalue weighted by molar-refractivity contribution is -0.111. The number of carbonyl (C=O) groups excluding carboxylic acids is 1. The summed E-state index contributed by atoms with van der Waals surface area (Å²) in [5.41, 5.74) is 2.49. The predicted octanol–water partition coefficient (Wildman–Crippen LogP) is 4.17. The Morgan fingerprint density at radius 2 is 1.90 bits per heavy atom. The summed E-state index contributed by atoms with van der Waals surface area (Å²) < 4.78 is 40.1. The number of alkyl halides is 2. The van der Waals surface area contributed by atoms with E-state index in [1.165, 1.54) is 17.7 Å². The highest BCUT2D eigenvalue weighted by molar-refractivity contribution is 6.01. The number of rotatable bonds is 9. The summed E-state index contributed by atoms with van der Waals surface area (Å²) in [6.45, 7) is 3.32. The van der Waals surface area contributed by atoms with Crippen LogP contribution in [0.4, 0.5) is 14.5 Å². The molecule has 0 saturated carbocycles. The van der Waals surface area contributed by atoms with Gasteiger partial charge in [0.05, 0.1) is 19.8 Å². The van der Waals surface area contributed by atoms with Gasteiger partial charge in [-0.05, 0) is 48.4 Å². The molecule has 1 fully saturated rings. The van der Waals surface area contributed by atoms with Crippen LogP contribution in [0.25, 0.3) is 6.08 Å². The van der Waals surface area contributed by atoms with E-state index in [4.69, 9.17) is 9.47 Å². The van der Waals surface area contributed by atoms with Gasteiger partial charge >= 0.3 is 6.61 Å². The van der Waals surface area contributed by atoms with E-state index in [2.05, 4.69) is 15.0 Å². The van der Waals surface area contributed by atoms with Gasteiger partial charge in [0, 0.05) is 31.4 Å². The molecule has 0 atom stereocenters. The second-order valence-electron chi connectivity index (χ2n) is 6.93. The number of benzene rings is 2. The highest BCUT2D eigenvalue weighted by Gasteiger charge is 2.12. The van der Waals surface area contributed by atoms with Crippen LogP contribution >= 0.6 is 0 Å². The van der Waals surface area contributed by atoms with Gasteiger partial charge in [-0.25, -0.2) is 0 Å². The Morgan fingerprint density at radius 1 is 1.16 bits per heavy atom. The molecule has 1 amide bonds. The SMILES string of the molecule is CCOc1cc(/C=C/C(=O)Nc2ccc(CN3CCOCC3)cc2)ccc1OC(F)F. The number of hydrogen-bond acceptors (Lipinski definition) is 5. The first-order chi connectivity index (χ1) is 15.0. The number of carbonyl (C=O) groups is 1. The van der Waals surface area contributed by atoms with Crippen LogP contribution in [-0.4, -0.2) is 50.3 Å². The Morgan fingerprint density at radius 3 is 2.58 bits per heavy atom. The van der Waals surface area contributed by atoms with Crippen molar-refractivity contribution in [3.05, 3.63) is 59.7 Å². The summed E-state index contributed by atoms with van der Waals surface area (Å²) in [6, 6.07) is 12.2. The molecule has 1 heterocycles. The smallest absolute Gasteiger partial charge is 0.387 e. The number of ether oxygens (including phenoxy) is 3. The first kappa shape index (κ1) is 22.7. The molecule has 31 heavy (non-hydrogen) atoms. The van der Waals surface area contributed by atoms with Gasteiger partial charge in [0.25, 0.3) is 0 Å². The monoisotopic (exact) mass is 432 g/mol. The van der Waals surface area contributed by atoms with E-state index in [0.717, 1.165) is 32.8 Å². The Kier molecular flexibility index (Phi) is 8.37. The lowest BCUT2D eigenvalue weighted by Crippen LogP contribution is -2.35. The molecule has 8 heteroatoms. The van der Waals surface area contributed by atoms with Crippen LogP contribution in [0.1, 0.15) is 18.1 Å². The fraction of sp³-hybridized carbons (Fsp3) is 0.348. The molecule has 1 saturated heterocycles. The average Bonchev–Trinajstić information content (AvgIpc) is 2.76. The molecule has 1 aliphatic rings. The van der Waals surface area contributed by atoms with Crippen LogP contribution in [0.3, 0.4) is 0 Å². The van der Waals surface area contributed by atoms with Gasteiger partial charge in [0.1, 0.15) is 0 Å². The number of halogens is 2. The molecule has 0 radical (unpaired) electrons. The van der Waals surface area contributed by atoms with E-state index in [1.54, 1.807) is 25.1 Å².